The first-order chi connectivity index (χ1) is 7.52. The van der Waals surface area contributed by atoms with Crippen molar-refractivity contribution in [3.63, 3.8) is 0 Å². The maximum atomic E-state index is 12.0. The second-order valence-electron chi connectivity index (χ2n) is 3.85. The van der Waals surface area contributed by atoms with Gasteiger partial charge in [0.1, 0.15) is 11.8 Å². The molecule has 1 aromatic heterocycles. The van der Waals surface area contributed by atoms with E-state index < -0.39 is 6.10 Å². The van der Waals surface area contributed by atoms with Crippen molar-refractivity contribution < 1.29 is 9.90 Å². The standard InChI is InChI=1S/C11H17ClN2O2/c1-4-7(5-2)10(15)11(16)9-8(12)6-13-14(9)3/h6-7,10,15H,4-5H2,1-3H3. The van der Waals surface area contributed by atoms with Crippen LogP contribution in [0.4, 0.5) is 0 Å². The van der Waals surface area contributed by atoms with Crippen LogP contribution in [0.5, 0.6) is 0 Å². The summed E-state index contributed by atoms with van der Waals surface area (Å²) in [6, 6.07) is 0. The van der Waals surface area contributed by atoms with Gasteiger partial charge in [0.2, 0.25) is 5.78 Å². The van der Waals surface area contributed by atoms with Crippen molar-refractivity contribution in [2.24, 2.45) is 13.0 Å². The average Bonchev–Trinajstić information content (AvgIpc) is 2.59. The average molecular weight is 245 g/mol. The Hall–Kier alpha value is -0.870. The summed E-state index contributed by atoms with van der Waals surface area (Å²) in [5, 5.41) is 14.1. The van der Waals surface area contributed by atoms with E-state index in [1.165, 1.54) is 10.9 Å². The first-order valence-corrected chi connectivity index (χ1v) is 5.80. The number of carbonyl (C=O) groups excluding carboxylic acids is 1. The largest absolute Gasteiger partial charge is 0.385 e. The fourth-order valence-electron chi connectivity index (χ4n) is 1.78. The summed E-state index contributed by atoms with van der Waals surface area (Å²) in [5.41, 5.74) is 0.279. The van der Waals surface area contributed by atoms with Crippen molar-refractivity contribution in [1.29, 1.82) is 0 Å². The van der Waals surface area contributed by atoms with E-state index in [0.29, 0.717) is 0 Å². The molecule has 0 amide bonds. The lowest BCUT2D eigenvalue weighted by Crippen LogP contribution is -2.30. The molecule has 1 N–H and O–H groups in total. The van der Waals surface area contributed by atoms with E-state index in [1.807, 2.05) is 13.8 Å². The van der Waals surface area contributed by atoms with Gasteiger partial charge in [0, 0.05) is 7.05 Å². The predicted octanol–water partition coefficient (Wildman–Crippen LogP) is 2.05. The van der Waals surface area contributed by atoms with Crippen LogP contribution in [0, 0.1) is 5.92 Å². The van der Waals surface area contributed by atoms with Crippen molar-refractivity contribution >= 4 is 17.4 Å². The van der Waals surface area contributed by atoms with Gasteiger partial charge in [0.15, 0.2) is 0 Å². The first kappa shape index (κ1) is 13.2. The summed E-state index contributed by atoms with van der Waals surface area (Å²) in [4.78, 5) is 12.0. The Kier molecular flexibility index (Phi) is 4.50. The van der Waals surface area contributed by atoms with Crippen LogP contribution in [0.25, 0.3) is 0 Å². The van der Waals surface area contributed by atoms with Gasteiger partial charge in [-0.25, -0.2) is 0 Å². The maximum absolute atomic E-state index is 12.0. The second-order valence-corrected chi connectivity index (χ2v) is 4.26. The third-order valence-corrected chi connectivity index (χ3v) is 3.17. The van der Waals surface area contributed by atoms with Gasteiger partial charge in [0.05, 0.1) is 11.2 Å². The molecule has 1 rings (SSSR count). The number of aromatic nitrogens is 2. The van der Waals surface area contributed by atoms with Crippen LogP contribution in [0.1, 0.15) is 37.2 Å². The number of hydrogen-bond acceptors (Lipinski definition) is 3. The zero-order valence-electron chi connectivity index (χ0n) is 9.77. The van der Waals surface area contributed by atoms with Gasteiger partial charge in [-0.15, -0.1) is 0 Å². The Bertz CT molecular complexity index is 353. The molecule has 1 atom stereocenters. The summed E-state index contributed by atoms with van der Waals surface area (Å²) in [6.07, 6.45) is 1.94. The van der Waals surface area contributed by atoms with Crippen molar-refractivity contribution in [2.45, 2.75) is 32.8 Å². The molecule has 0 aliphatic rings. The first-order valence-electron chi connectivity index (χ1n) is 5.42. The third kappa shape index (κ3) is 2.44. The molecule has 0 aromatic carbocycles. The normalized spacial score (nSPS) is 13.1. The number of carbonyl (C=O) groups is 1. The predicted molar refractivity (Wildman–Crippen MR) is 62.6 cm³/mol. The SMILES string of the molecule is CCC(CC)C(O)C(=O)c1c(Cl)cnn1C. The zero-order chi connectivity index (χ0) is 12.3. The molecule has 0 saturated carbocycles. The number of aryl methyl sites for hydroxylation is 1. The smallest absolute Gasteiger partial charge is 0.211 e. The molecule has 0 radical (unpaired) electrons. The number of aliphatic hydroxyl groups excluding tert-OH is 1. The molecule has 0 aliphatic carbocycles. The quantitative estimate of drug-likeness (QED) is 0.807. The minimum absolute atomic E-state index is 0.0292. The molecule has 0 aliphatic heterocycles. The van der Waals surface area contributed by atoms with Crippen molar-refractivity contribution in [1.82, 2.24) is 9.78 Å². The summed E-state index contributed by atoms with van der Waals surface area (Å²) >= 11 is 5.86. The molecule has 0 bridgehead atoms. The molecular formula is C11H17ClN2O2. The van der Waals surface area contributed by atoms with Gasteiger partial charge >= 0.3 is 0 Å². The topological polar surface area (TPSA) is 55.1 Å². The van der Waals surface area contributed by atoms with E-state index in [2.05, 4.69) is 5.10 Å². The van der Waals surface area contributed by atoms with Crippen LogP contribution in [0.15, 0.2) is 6.20 Å². The fourth-order valence-corrected chi connectivity index (χ4v) is 2.04. The van der Waals surface area contributed by atoms with Crippen molar-refractivity contribution in [3.05, 3.63) is 16.9 Å². The summed E-state index contributed by atoms with van der Waals surface area (Å²) in [5.74, 6) is -0.378. The van der Waals surface area contributed by atoms with Crippen LogP contribution in [0.3, 0.4) is 0 Å². The molecule has 16 heavy (non-hydrogen) atoms. The Labute approximate surface area is 100 Å². The molecule has 1 heterocycles. The molecule has 0 spiro atoms. The second kappa shape index (κ2) is 5.46. The van der Waals surface area contributed by atoms with E-state index in [-0.39, 0.29) is 22.4 Å². The Morgan fingerprint density at radius 1 is 1.56 bits per heavy atom. The van der Waals surface area contributed by atoms with Crippen molar-refractivity contribution in [3.8, 4) is 0 Å². The van der Waals surface area contributed by atoms with Gasteiger partial charge in [-0.3, -0.25) is 9.48 Å². The molecule has 4 nitrogen and oxygen atoms in total. The number of nitrogens with zero attached hydrogens (tertiary/aromatic N) is 2. The zero-order valence-corrected chi connectivity index (χ0v) is 10.5. The van der Waals surface area contributed by atoms with E-state index in [9.17, 15) is 9.90 Å². The van der Waals surface area contributed by atoms with E-state index in [4.69, 9.17) is 11.6 Å². The highest BCUT2D eigenvalue weighted by molar-refractivity contribution is 6.33. The maximum Gasteiger partial charge on any atom is 0.211 e. The van der Waals surface area contributed by atoms with Crippen LogP contribution in [-0.4, -0.2) is 26.8 Å². The Balaban J connectivity index is 2.94. The lowest BCUT2D eigenvalue weighted by Gasteiger charge is -2.18. The molecule has 1 unspecified atom stereocenters. The third-order valence-electron chi connectivity index (χ3n) is 2.89. The molecule has 1 aromatic rings. The molecular weight excluding hydrogens is 228 g/mol. The van der Waals surface area contributed by atoms with Crippen LogP contribution < -0.4 is 0 Å². The summed E-state index contributed by atoms with van der Waals surface area (Å²) in [6.45, 7) is 3.91. The van der Waals surface area contributed by atoms with Gasteiger partial charge in [0.25, 0.3) is 0 Å². The highest BCUT2D eigenvalue weighted by Gasteiger charge is 2.28. The number of aliphatic hydroxyl groups is 1. The number of Topliss-reactive ketones (excluding diaryl/α,β-unsaturated/α-hetero) is 1. The summed E-state index contributed by atoms with van der Waals surface area (Å²) in [7, 11) is 1.64. The minimum atomic E-state index is -0.997. The number of ketones is 1. The van der Waals surface area contributed by atoms with Crippen LogP contribution >= 0.6 is 11.6 Å². The Morgan fingerprint density at radius 2 is 2.12 bits per heavy atom. The molecule has 0 saturated heterocycles. The Morgan fingerprint density at radius 3 is 2.50 bits per heavy atom. The van der Waals surface area contributed by atoms with E-state index in [0.717, 1.165) is 12.8 Å². The lowest BCUT2D eigenvalue weighted by atomic mass is 9.92. The van der Waals surface area contributed by atoms with Gasteiger partial charge in [-0.1, -0.05) is 38.3 Å². The number of halogens is 1. The monoisotopic (exact) mass is 244 g/mol. The van der Waals surface area contributed by atoms with Crippen LogP contribution in [-0.2, 0) is 7.05 Å². The van der Waals surface area contributed by atoms with E-state index >= 15 is 0 Å². The van der Waals surface area contributed by atoms with Crippen LogP contribution in [0.2, 0.25) is 5.02 Å². The molecule has 0 fully saturated rings. The summed E-state index contributed by atoms with van der Waals surface area (Å²) < 4.78 is 1.40. The lowest BCUT2D eigenvalue weighted by molar-refractivity contribution is 0.0578. The molecule has 5 heteroatoms. The highest BCUT2D eigenvalue weighted by Crippen LogP contribution is 2.21. The van der Waals surface area contributed by atoms with Gasteiger partial charge < -0.3 is 5.11 Å². The van der Waals surface area contributed by atoms with Crippen molar-refractivity contribution in [2.75, 3.05) is 0 Å². The minimum Gasteiger partial charge on any atom is -0.385 e. The number of hydrogen-bond donors (Lipinski definition) is 1. The van der Waals surface area contributed by atoms with Gasteiger partial charge in [-0.05, 0) is 5.92 Å². The fraction of sp³-hybridized carbons (Fsp3) is 0.636. The molecule has 90 valence electrons. The van der Waals surface area contributed by atoms with E-state index in [1.54, 1.807) is 7.05 Å². The number of rotatable bonds is 5. The highest BCUT2D eigenvalue weighted by atomic mass is 35.5. The van der Waals surface area contributed by atoms with Gasteiger partial charge in [-0.2, -0.15) is 5.10 Å².